The van der Waals surface area contributed by atoms with E-state index in [9.17, 15) is 0 Å². The van der Waals surface area contributed by atoms with Crippen LogP contribution in [0.3, 0.4) is 0 Å². The van der Waals surface area contributed by atoms with E-state index in [0.717, 1.165) is 24.4 Å². The van der Waals surface area contributed by atoms with Gasteiger partial charge >= 0.3 is 0 Å². The average molecular weight is 289 g/mol. The molecule has 114 valence electrons. The van der Waals surface area contributed by atoms with Crippen LogP contribution in [0.25, 0.3) is 11.2 Å². The summed E-state index contributed by atoms with van der Waals surface area (Å²) in [6, 6.07) is 0.513. The van der Waals surface area contributed by atoms with Crippen LogP contribution >= 0.6 is 0 Å². The molecule has 3 rings (SSSR count). The summed E-state index contributed by atoms with van der Waals surface area (Å²) in [6.45, 7) is 6.49. The summed E-state index contributed by atoms with van der Waals surface area (Å²) in [5.74, 6) is 2.37. The molecule has 0 unspecified atom stereocenters. The van der Waals surface area contributed by atoms with Crippen LogP contribution in [0.5, 0.6) is 0 Å². The lowest BCUT2D eigenvalue weighted by molar-refractivity contribution is 0.216. The van der Waals surface area contributed by atoms with Crippen LogP contribution in [0, 0.1) is 11.8 Å². The second-order valence-corrected chi connectivity index (χ2v) is 6.35. The van der Waals surface area contributed by atoms with Crippen molar-refractivity contribution in [2.45, 2.75) is 19.9 Å². The van der Waals surface area contributed by atoms with Gasteiger partial charge in [-0.05, 0) is 25.9 Å². The number of H-pyrrole nitrogens is 1. The molecule has 0 radical (unpaired) electrons. The van der Waals surface area contributed by atoms with Crippen molar-refractivity contribution >= 4 is 22.9 Å². The number of rotatable bonds is 3. The van der Waals surface area contributed by atoms with Crippen molar-refractivity contribution in [2.75, 3.05) is 37.8 Å². The van der Waals surface area contributed by atoms with Crippen LogP contribution in [0.2, 0.25) is 0 Å². The maximum atomic E-state index is 5.83. The van der Waals surface area contributed by atoms with Crippen molar-refractivity contribution in [1.82, 2.24) is 24.8 Å². The Kier molecular flexibility index (Phi) is 3.44. The van der Waals surface area contributed by atoms with E-state index in [4.69, 9.17) is 5.73 Å². The van der Waals surface area contributed by atoms with E-state index in [1.54, 1.807) is 6.33 Å². The van der Waals surface area contributed by atoms with E-state index >= 15 is 0 Å². The summed E-state index contributed by atoms with van der Waals surface area (Å²) in [7, 11) is 4.29. The molecule has 2 aromatic heterocycles. The van der Waals surface area contributed by atoms with Crippen molar-refractivity contribution in [3.05, 3.63) is 6.33 Å². The molecular formula is C14H23N7. The smallest absolute Gasteiger partial charge is 0.224 e. The third kappa shape index (κ3) is 2.42. The number of likely N-dealkylation sites (N-methyl/N-ethyl adjacent to an activating group) is 1. The quantitative estimate of drug-likeness (QED) is 0.875. The largest absolute Gasteiger partial charge is 0.368 e. The van der Waals surface area contributed by atoms with Gasteiger partial charge in [0, 0.05) is 19.1 Å². The minimum Gasteiger partial charge on any atom is -0.368 e. The van der Waals surface area contributed by atoms with E-state index in [1.165, 1.54) is 0 Å². The number of nitrogens with one attached hydrogen (secondary N) is 1. The standard InChI is InChI=1S/C14H23N7/c1-8(2)9-5-21(6-10(9)20(3)4)13-11-12(17-7-16-11)18-14(15)19-13/h7-10H,5-6H2,1-4H3,(H3,15,16,17,18,19)/t9-,10+/m0/s1. The molecule has 3 heterocycles. The molecule has 7 nitrogen and oxygen atoms in total. The van der Waals surface area contributed by atoms with Gasteiger partial charge in [0.05, 0.1) is 6.33 Å². The predicted molar refractivity (Wildman–Crippen MR) is 84.1 cm³/mol. The fourth-order valence-electron chi connectivity index (χ4n) is 3.25. The molecule has 0 spiro atoms. The number of nitrogens with zero attached hydrogens (tertiary/aromatic N) is 5. The second kappa shape index (κ2) is 5.14. The Morgan fingerprint density at radius 2 is 2.10 bits per heavy atom. The van der Waals surface area contributed by atoms with Gasteiger partial charge in [-0.3, -0.25) is 0 Å². The topological polar surface area (TPSA) is 87.0 Å². The Hall–Kier alpha value is -1.89. The molecule has 3 N–H and O–H groups in total. The van der Waals surface area contributed by atoms with Gasteiger partial charge in [0.25, 0.3) is 0 Å². The molecular weight excluding hydrogens is 266 g/mol. The van der Waals surface area contributed by atoms with Gasteiger partial charge in [-0.15, -0.1) is 0 Å². The molecule has 7 heteroatoms. The Morgan fingerprint density at radius 3 is 2.71 bits per heavy atom. The zero-order valence-corrected chi connectivity index (χ0v) is 13.0. The highest BCUT2D eigenvalue weighted by Crippen LogP contribution is 2.32. The molecule has 0 bridgehead atoms. The highest BCUT2D eigenvalue weighted by atomic mass is 15.3. The summed E-state index contributed by atoms with van der Waals surface area (Å²) in [5.41, 5.74) is 7.33. The number of nitrogens with two attached hydrogens (primary N) is 1. The minimum absolute atomic E-state index is 0.277. The van der Waals surface area contributed by atoms with Crippen molar-refractivity contribution in [2.24, 2.45) is 11.8 Å². The molecule has 0 amide bonds. The molecule has 2 aromatic rings. The minimum atomic E-state index is 0.277. The molecule has 1 fully saturated rings. The number of nitrogen functional groups attached to an aromatic ring is 1. The zero-order chi connectivity index (χ0) is 15.1. The van der Waals surface area contributed by atoms with Crippen molar-refractivity contribution in [1.29, 1.82) is 0 Å². The zero-order valence-electron chi connectivity index (χ0n) is 13.0. The van der Waals surface area contributed by atoms with Crippen molar-refractivity contribution in [3.63, 3.8) is 0 Å². The summed E-state index contributed by atoms with van der Waals surface area (Å²) < 4.78 is 0. The van der Waals surface area contributed by atoms with Crippen LogP contribution in [0.4, 0.5) is 11.8 Å². The summed E-state index contributed by atoms with van der Waals surface area (Å²) in [6.07, 6.45) is 1.64. The molecule has 1 aliphatic rings. The molecule has 1 saturated heterocycles. The lowest BCUT2D eigenvalue weighted by atomic mass is 9.91. The van der Waals surface area contributed by atoms with Gasteiger partial charge in [-0.2, -0.15) is 9.97 Å². The molecule has 21 heavy (non-hydrogen) atoms. The van der Waals surface area contributed by atoms with Gasteiger partial charge in [0.15, 0.2) is 11.5 Å². The molecule has 0 aromatic carbocycles. The van der Waals surface area contributed by atoms with Crippen LogP contribution in [0.15, 0.2) is 6.33 Å². The SMILES string of the molecule is CC(C)[C@@H]1CN(c2nc(N)nc3nc[nH]c23)C[C@H]1N(C)C. The predicted octanol–water partition coefficient (Wildman–Crippen LogP) is 0.957. The Morgan fingerprint density at radius 1 is 1.33 bits per heavy atom. The van der Waals surface area contributed by atoms with Crippen molar-refractivity contribution < 1.29 is 0 Å². The van der Waals surface area contributed by atoms with E-state index < -0.39 is 0 Å². The normalized spacial score (nSPS) is 22.9. The number of aromatic nitrogens is 4. The first-order chi connectivity index (χ1) is 9.97. The number of anilines is 2. The molecule has 0 saturated carbocycles. The molecule has 0 aliphatic carbocycles. The van der Waals surface area contributed by atoms with Gasteiger partial charge in [-0.25, -0.2) is 4.98 Å². The van der Waals surface area contributed by atoms with Crippen LogP contribution in [-0.2, 0) is 0 Å². The third-order valence-electron chi connectivity index (χ3n) is 4.44. The summed E-state index contributed by atoms with van der Waals surface area (Å²) >= 11 is 0. The summed E-state index contributed by atoms with van der Waals surface area (Å²) in [5, 5.41) is 0. The number of fused-ring (bicyclic) bond motifs is 1. The first-order valence-electron chi connectivity index (χ1n) is 7.35. The van der Waals surface area contributed by atoms with Crippen LogP contribution < -0.4 is 10.6 Å². The van der Waals surface area contributed by atoms with Crippen LogP contribution in [0.1, 0.15) is 13.8 Å². The lowest BCUT2D eigenvalue weighted by Crippen LogP contribution is -2.37. The highest BCUT2D eigenvalue weighted by Gasteiger charge is 2.37. The fraction of sp³-hybridized carbons (Fsp3) is 0.643. The van der Waals surface area contributed by atoms with E-state index in [-0.39, 0.29) is 5.95 Å². The first kappa shape index (κ1) is 14.1. The Bertz CT molecular complexity index is 617. The highest BCUT2D eigenvalue weighted by molar-refractivity contribution is 5.84. The average Bonchev–Trinajstić information content (AvgIpc) is 3.03. The number of aromatic amines is 1. The number of hydrogen-bond acceptors (Lipinski definition) is 6. The van der Waals surface area contributed by atoms with Crippen LogP contribution in [-0.4, -0.2) is 58.1 Å². The van der Waals surface area contributed by atoms with Gasteiger partial charge in [0.1, 0.15) is 5.52 Å². The second-order valence-electron chi connectivity index (χ2n) is 6.35. The maximum absolute atomic E-state index is 5.83. The monoisotopic (exact) mass is 289 g/mol. The first-order valence-corrected chi connectivity index (χ1v) is 7.35. The fourth-order valence-corrected chi connectivity index (χ4v) is 3.25. The van der Waals surface area contributed by atoms with E-state index in [1.807, 2.05) is 0 Å². The van der Waals surface area contributed by atoms with Gasteiger partial charge in [-0.1, -0.05) is 13.8 Å². The van der Waals surface area contributed by atoms with Crippen molar-refractivity contribution in [3.8, 4) is 0 Å². The summed E-state index contributed by atoms with van der Waals surface area (Å²) in [4.78, 5) is 20.5. The number of imidazole rings is 1. The Balaban J connectivity index is 1.98. The van der Waals surface area contributed by atoms with E-state index in [0.29, 0.717) is 23.5 Å². The van der Waals surface area contributed by atoms with Gasteiger partial charge < -0.3 is 20.5 Å². The number of hydrogen-bond donors (Lipinski definition) is 2. The molecule has 2 atom stereocenters. The maximum Gasteiger partial charge on any atom is 0.224 e. The third-order valence-corrected chi connectivity index (χ3v) is 4.44. The molecule has 1 aliphatic heterocycles. The van der Waals surface area contributed by atoms with Gasteiger partial charge in [0.2, 0.25) is 5.95 Å². The van der Waals surface area contributed by atoms with E-state index in [2.05, 4.69) is 57.7 Å². The Labute approximate surface area is 124 Å². The lowest BCUT2D eigenvalue weighted by Gasteiger charge is -2.27.